The summed E-state index contributed by atoms with van der Waals surface area (Å²) in [7, 11) is -15.4. The minimum absolute atomic E-state index is 0.0154. The van der Waals surface area contributed by atoms with Gasteiger partial charge in [0, 0.05) is 39.3 Å². The minimum atomic E-state index is -3.97. The number of benzene rings is 4. The molecular weight excluding hydrogens is 781 g/mol. The zero-order valence-corrected chi connectivity index (χ0v) is 35.1. The van der Waals surface area contributed by atoms with Gasteiger partial charge in [-0.1, -0.05) is 70.8 Å². The van der Waals surface area contributed by atoms with Gasteiger partial charge >= 0.3 is 0 Å². The first-order chi connectivity index (χ1) is 25.9. The Morgan fingerprint density at radius 1 is 0.364 bits per heavy atom. The van der Waals surface area contributed by atoms with Gasteiger partial charge in [-0.2, -0.15) is 8.61 Å². The number of hydrogen-bond donors (Lipinski definition) is 2. The van der Waals surface area contributed by atoms with Crippen LogP contribution in [0.5, 0.6) is 0 Å². The van der Waals surface area contributed by atoms with E-state index in [2.05, 4.69) is 9.44 Å². The van der Waals surface area contributed by atoms with Gasteiger partial charge in [-0.05, 0) is 108 Å². The molecule has 0 saturated heterocycles. The Morgan fingerprint density at radius 2 is 0.618 bits per heavy atom. The summed E-state index contributed by atoms with van der Waals surface area (Å²) in [4.78, 5) is 0.511. The molecule has 0 atom stereocenters. The number of sulfonamides is 4. The molecular formula is C39H52N4O8S4. The van der Waals surface area contributed by atoms with Gasteiger partial charge in [0.05, 0.1) is 19.6 Å². The lowest BCUT2D eigenvalue weighted by Crippen LogP contribution is -2.38. The summed E-state index contributed by atoms with van der Waals surface area (Å²) in [6.45, 7) is 7.87. The van der Waals surface area contributed by atoms with Crippen molar-refractivity contribution in [2.24, 2.45) is 0 Å². The molecule has 0 bridgehead atoms. The van der Waals surface area contributed by atoms with E-state index in [0.717, 1.165) is 22.3 Å². The molecule has 0 amide bonds. The van der Waals surface area contributed by atoms with Crippen molar-refractivity contribution in [3.63, 3.8) is 0 Å². The van der Waals surface area contributed by atoms with Crippen molar-refractivity contribution in [3.8, 4) is 0 Å². The van der Waals surface area contributed by atoms with Crippen molar-refractivity contribution in [1.29, 1.82) is 0 Å². The second-order valence-electron chi connectivity index (χ2n) is 13.6. The quantitative estimate of drug-likeness (QED) is 0.0979. The van der Waals surface area contributed by atoms with Gasteiger partial charge < -0.3 is 0 Å². The van der Waals surface area contributed by atoms with Crippen LogP contribution in [0.4, 0.5) is 0 Å². The van der Waals surface area contributed by atoms with Crippen LogP contribution in [-0.4, -0.2) is 81.6 Å². The maximum atomic E-state index is 13.9. The third-order valence-electron chi connectivity index (χ3n) is 9.05. The molecule has 55 heavy (non-hydrogen) atoms. The van der Waals surface area contributed by atoms with Gasteiger partial charge in [-0.25, -0.2) is 43.1 Å². The maximum Gasteiger partial charge on any atom is 0.243 e. The van der Waals surface area contributed by atoms with Crippen molar-refractivity contribution >= 4 is 40.1 Å². The first kappa shape index (κ1) is 44.2. The lowest BCUT2D eigenvalue weighted by Gasteiger charge is -2.26. The maximum absolute atomic E-state index is 13.9. The fraction of sp³-hybridized carbons (Fsp3) is 0.385. The second kappa shape index (κ2) is 19.6. The Bertz CT molecular complexity index is 2120. The molecule has 0 aliphatic heterocycles. The van der Waals surface area contributed by atoms with Crippen molar-refractivity contribution in [1.82, 2.24) is 18.1 Å². The zero-order valence-electron chi connectivity index (χ0n) is 31.8. The van der Waals surface area contributed by atoms with Crippen molar-refractivity contribution in [3.05, 3.63) is 119 Å². The van der Waals surface area contributed by atoms with Crippen LogP contribution in [0.25, 0.3) is 0 Å². The largest absolute Gasteiger partial charge is 0.243 e. The Balaban J connectivity index is 1.43. The van der Waals surface area contributed by atoms with Gasteiger partial charge in [0.15, 0.2) is 0 Å². The average Bonchev–Trinajstić information content (AvgIpc) is 3.13. The standard InChI is InChI=1S/C39H52N4O8S4/c1-32-10-18-36(19-11-32)52(44,45)40-26-5-7-28-42(54(48,49)38-22-14-34(3)15-23-38)30-9-31-43(55(50,51)39-24-16-35(4)17-25-39)29-8-6-27-41-53(46,47)37-20-12-33(2)13-21-37/h10-25,40-41H,5-9,26-31H2,1-4H3. The summed E-state index contributed by atoms with van der Waals surface area (Å²) in [5, 5.41) is 0. The first-order valence-corrected chi connectivity index (χ1v) is 24.0. The zero-order chi connectivity index (χ0) is 40.3. The number of aryl methyl sites for hydroxylation is 4. The summed E-state index contributed by atoms with van der Waals surface area (Å²) in [6.07, 6.45) is 1.62. The molecule has 4 aromatic carbocycles. The molecule has 4 rings (SSSR count). The minimum Gasteiger partial charge on any atom is -0.211 e. The van der Waals surface area contributed by atoms with E-state index in [0.29, 0.717) is 25.7 Å². The fourth-order valence-corrected chi connectivity index (χ4v) is 10.9. The Hall–Kier alpha value is -3.48. The second-order valence-corrected chi connectivity index (χ2v) is 21.0. The van der Waals surface area contributed by atoms with E-state index >= 15 is 0 Å². The number of unbranched alkanes of at least 4 members (excludes halogenated alkanes) is 2. The summed E-state index contributed by atoms with van der Waals surface area (Å²) in [6, 6.07) is 26.0. The number of nitrogens with one attached hydrogen (secondary N) is 2. The molecule has 2 N–H and O–H groups in total. The van der Waals surface area contributed by atoms with E-state index in [-0.39, 0.29) is 65.3 Å². The molecule has 0 aromatic heterocycles. The van der Waals surface area contributed by atoms with Crippen molar-refractivity contribution in [2.45, 2.75) is 79.4 Å². The lowest BCUT2D eigenvalue weighted by molar-refractivity contribution is 0.350. The van der Waals surface area contributed by atoms with E-state index in [1.807, 2.05) is 27.7 Å². The van der Waals surface area contributed by atoms with Crippen LogP contribution in [0.3, 0.4) is 0 Å². The molecule has 0 spiro atoms. The fourth-order valence-electron chi connectivity index (χ4n) is 5.69. The monoisotopic (exact) mass is 832 g/mol. The molecule has 0 fully saturated rings. The Morgan fingerprint density at radius 3 is 0.909 bits per heavy atom. The molecule has 0 aliphatic rings. The van der Waals surface area contributed by atoms with Crippen LogP contribution in [-0.2, 0) is 40.1 Å². The van der Waals surface area contributed by atoms with Crippen LogP contribution in [0, 0.1) is 27.7 Å². The number of nitrogens with zero attached hydrogens (tertiary/aromatic N) is 2. The van der Waals surface area contributed by atoms with E-state index in [1.165, 1.54) is 57.1 Å². The molecule has 0 aliphatic carbocycles. The summed E-state index contributed by atoms with van der Waals surface area (Å²) in [5.74, 6) is 0. The van der Waals surface area contributed by atoms with Crippen LogP contribution in [0.2, 0.25) is 0 Å². The van der Waals surface area contributed by atoms with Crippen LogP contribution in [0.1, 0.15) is 54.4 Å². The van der Waals surface area contributed by atoms with Gasteiger partial charge in [-0.15, -0.1) is 0 Å². The van der Waals surface area contributed by atoms with Crippen LogP contribution >= 0.6 is 0 Å². The normalized spacial score (nSPS) is 12.8. The highest BCUT2D eigenvalue weighted by molar-refractivity contribution is 7.90. The SMILES string of the molecule is Cc1ccc(S(=O)(=O)NCCCCN(CCCN(CCCCNS(=O)(=O)c2ccc(C)cc2)S(=O)(=O)c2ccc(C)cc2)S(=O)(=O)c2ccc(C)cc2)cc1. The lowest BCUT2D eigenvalue weighted by atomic mass is 10.2. The highest BCUT2D eigenvalue weighted by Gasteiger charge is 2.27. The van der Waals surface area contributed by atoms with Gasteiger partial charge in [0.2, 0.25) is 40.1 Å². The summed E-state index contributed by atoms with van der Waals surface area (Å²) in [5.41, 5.74) is 3.66. The van der Waals surface area contributed by atoms with E-state index in [1.54, 1.807) is 48.5 Å². The van der Waals surface area contributed by atoms with E-state index < -0.39 is 40.1 Å². The van der Waals surface area contributed by atoms with Crippen LogP contribution < -0.4 is 9.44 Å². The molecule has 16 heteroatoms. The predicted molar refractivity (Wildman–Crippen MR) is 216 cm³/mol. The Labute approximate surface area is 328 Å². The highest BCUT2D eigenvalue weighted by Crippen LogP contribution is 2.21. The molecule has 4 aromatic rings. The van der Waals surface area contributed by atoms with Gasteiger partial charge in [0.25, 0.3) is 0 Å². The Kier molecular flexibility index (Phi) is 15.8. The first-order valence-electron chi connectivity index (χ1n) is 18.2. The summed E-state index contributed by atoms with van der Waals surface area (Å²) < 4.78 is 114. The molecule has 300 valence electrons. The number of rotatable bonds is 22. The molecule has 0 unspecified atom stereocenters. The van der Waals surface area contributed by atoms with Crippen molar-refractivity contribution < 1.29 is 33.7 Å². The van der Waals surface area contributed by atoms with E-state index in [9.17, 15) is 33.7 Å². The summed E-state index contributed by atoms with van der Waals surface area (Å²) >= 11 is 0. The molecule has 0 saturated carbocycles. The van der Waals surface area contributed by atoms with Gasteiger partial charge in [0.1, 0.15) is 0 Å². The number of hydrogen-bond acceptors (Lipinski definition) is 8. The molecule has 0 radical (unpaired) electrons. The third-order valence-corrected chi connectivity index (χ3v) is 15.8. The smallest absolute Gasteiger partial charge is 0.211 e. The van der Waals surface area contributed by atoms with Crippen molar-refractivity contribution in [2.75, 3.05) is 39.3 Å². The van der Waals surface area contributed by atoms with Crippen LogP contribution in [0.15, 0.2) is 117 Å². The predicted octanol–water partition coefficient (Wildman–Crippen LogP) is 5.51. The topological polar surface area (TPSA) is 167 Å². The average molecular weight is 833 g/mol. The molecule has 12 nitrogen and oxygen atoms in total. The third kappa shape index (κ3) is 12.8. The van der Waals surface area contributed by atoms with Gasteiger partial charge in [-0.3, -0.25) is 0 Å². The molecule has 0 heterocycles. The highest BCUT2D eigenvalue weighted by atomic mass is 32.2. The van der Waals surface area contributed by atoms with E-state index in [4.69, 9.17) is 0 Å².